The molecule has 0 heterocycles. The fraction of sp³-hybridized carbons (Fsp3) is 0. The summed E-state index contributed by atoms with van der Waals surface area (Å²) in [4.78, 5) is 0. The Balaban J connectivity index is -0.00000000396. The van der Waals surface area contributed by atoms with Crippen molar-refractivity contribution in [3.63, 3.8) is 0 Å². The zero-order valence-electron chi connectivity index (χ0n) is 19.3. The number of hydrogen-bond acceptors (Lipinski definition) is 18. The molecule has 41 heavy (non-hydrogen) atoms. The maximum atomic E-state index is 6.25. The summed E-state index contributed by atoms with van der Waals surface area (Å²) < 4.78 is 0. The summed E-state index contributed by atoms with van der Waals surface area (Å²) in [6, 6.07) is 0. The third-order valence-electron chi connectivity index (χ3n) is 0. The molecule has 0 spiro atoms. The third kappa shape index (κ3) is 1360. The molecule has 0 bridgehead atoms. The summed E-state index contributed by atoms with van der Waals surface area (Å²) in [5.74, 6) is 0. The Hall–Kier alpha value is -5.23. The SMILES string of the molecule is [C-]#N.[C-]#N.[C-]#N.[C-]#N.[C-]#N.[C-]#N.[C-]#N.[C-]#N.[C-]#N.[C-]#N.[C-]#N.[C-]#N.[C-]#N.[C-]#N.[C-]#N.[C-]#N.[C-]#N.[C-]#N.[Fe+4].[Fe+4].[Fe+4].[La+3].[La+3]. The van der Waals surface area contributed by atoms with Crippen LogP contribution in [-0.4, -0.2) is 0 Å². The van der Waals surface area contributed by atoms with Gasteiger partial charge in [-0.25, -0.2) is 0 Å². The third-order valence-corrected chi connectivity index (χ3v) is 0. The summed E-state index contributed by atoms with van der Waals surface area (Å²) in [5.41, 5.74) is 0. The van der Waals surface area contributed by atoms with Crippen LogP contribution in [0.1, 0.15) is 0 Å². The predicted molar refractivity (Wildman–Crippen MR) is 89.4 cm³/mol. The maximum Gasteiger partial charge on any atom is 4.00 e. The fourth-order valence-electron chi connectivity index (χ4n) is 0. The van der Waals surface area contributed by atoms with Gasteiger partial charge in [0.05, 0.1) is 0 Å². The van der Waals surface area contributed by atoms with Crippen LogP contribution in [0.2, 0.25) is 0 Å². The van der Waals surface area contributed by atoms with Gasteiger partial charge in [0.2, 0.25) is 0 Å². The van der Waals surface area contributed by atoms with E-state index in [0.29, 0.717) is 0 Å². The molecule has 0 N–H and O–H groups in total. The zero-order chi connectivity index (χ0) is 36.0. The molecular formula is C18Fe3La2N18. The molecule has 0 fully saturated rings. The van der Waals surface area contributed by atoms with Gasteiger partial charge in [0.1, 0.15) is 0 Å². The van der Waals surface area contributed by atoms with E-state index in [0.717, 1.165) is 0 Å². The molecule has 0 aromatic carbocycles. The Morgan fingerprint density at radius 2 is 0.122 bits per heavy atom. The van der Waals surface area contributed by atoms with E-state index in [1.54, 1.807) is 0 Å². The van der Waals surface area contributed by atoms with Crippen LogP contribution >= 0.6 is 0 Å². The van der Waals surface area contributed by atoms with Gasteiger partial charge in [-0.15, -0.1) is 0 Å². The van der Waals surface area contributed by atoms with Gasteiger partial charge >= 0.3 is 122 Å². The second-order valence-corrected chi connectivity index (χ2v) is 0. The molecule has 0 atom stereocenters. The normalized spacial score (nSPS) is 0.878. The van der Waals surface area contributed by atoms with Crippen LogP contribution in [0, 0.1) is 284 Å². The van der Waals surface area contributed by atoms with E-state index in [4.69, 9.17) is 213 Å². The standard InChI is InChI=1S/18CN.3Fe.2La/c18*1-2;;;;;/q18*-1;3*+4;2*+3. The molecule has 0 radical (unpaired) electrons. The number of rotatable bonds is 0. The van der Waals surface area contributed by atoms with Crippen LogP contribution in [-0.2, 0) is 51.2 Å². The molecular weight excluding hydrogens is 914 g/mol. The minimum absolute atomic E-state index is 0. The van der Waals surface area contributed by atoms with Gasteiger partial charge in [-0.3, -0.25) is 0 Å². The number of hydrogen-bond donors (Lipinski definition) is 0. The molecule has 0 aromatic heterocycles. The van der Waals surface area contributed by atoms with E-state index in [1.165, 1.54) is 0 Å². The van der Waals surface area contributed by atoms with Gasteiger partial charge in [-0.1, -0.05) is 0 Å². The summed E-state index contributed by atoms with van der Waals surface area (Å²) >= 11 is 0. The van der Waals surface area contributed by atoms with Crippen molar-refractivity contribution in [2.24, 2.45) is 0 Å². The predicted octanol–water partition coefficient (Wildman–Crippen LogP) is 1.73. The van der Waals surface area contributed by atoms with Crippen molar-refractivity contribution in [1.29, 1.82) is 94.7 Å². The van der Waals surface area contributed by atoms with Crippen molar-refractivity contribution in [1.82, 2.24) is 0 Å². The van der Waals surface area contributed by atoms with Crippen molar-refractivity contribution < 1.29 is 122 Å². The summed E-state index contributed by atoms with van der Waals surface area (Å²) in [7, 11) is 0. The minimum atomic E-state index is 0. The Morgan fingerprint density at radius 3 is 0.122 bits per heavy atom. The van der Waals surface area contributed by atoms with Gasteiger partial charge < -0.3 is 213 Å². The molecule has 0 amide bonds. The first-order valence-corrected chi connectivity index (χ1v) is 4.02. The Labute approximate surface area is 331 Å². The largest absolute Gasteiger partial charge is 4.00 e. The minimum Gasteiger partial charge on any atom is -0.512 e. The molecule has 0 saturated heterocycles. The van der Waals surface area contributed by atoms with Crippen LogP contribution in [0.5, 0.6) is 0 Å². The molecule has 0 aliphatic carbocycles. The Bertz CT molecular complexity index is 374. The summed E-state index contributed by atoms with van der Waals surface area (Å²) in [5, 5.41) is 112. The molecule has 0 aliphatic rings. The van der Waals surface area contributed by atoms with E-state index < -0.39 is 0 Å². The van der Waals surface area contributed by atoms with Crippen LogP contribution in [0.4, 0.5) is 0 Å². The first-order valence-electron chi connectivity index (χ1n) is 4.02. The van der Waals surface area contributed by atoms with E-state index in [9.17, 15) is 0 Å². The molecule has 0 rings (SSSR count). The molecule has 18 nitrogen and oxygen atoms in total. The van der Waals surface area contributed by atoms with Gasteiger partial charge in [-0.2, -0.15) is 0 Å². The van der Waals surface area contributed by atoms with Crippen LogP contribution in [0.25, 0.3) is 0 Å². The first-order chi connectivity index (χ1) is 18.0. The topological polar surface area (TPSA) is 428 Å². The zero-order valence-corrected chi connectivity index (χ0v) is 29.8. The van der Waals surface area contributed by atoms with E-state index in [-0.39, 0.29) is 122 Å². The molecule has 0 aliphatic heterocycles. The number of nitrogens with zero attached hydrogens (tertiary/aromatic N) is 18. The van der Waals surface area contributed by atoms with Crippen molar-refractivity contribution in [2.75, 3.05) is 0 Å². The van der Waals surface area contributed by atoms with E-state index >= 15 is 0 Å². The van der Waals surface area contributed by atoms with Crippen molar-refractivity contribution in [2.45, 2.75) is 0 Å². The Morgan fingerprint density at radius 1 is 0.122 bits per heavy atom. The summed E-state index contributed by atoms with van der Waals surface area (Å²) in [6.45, 7) is 85.5. The average molecular weight is 914 g/mol. The van der Waals surface area contributed by atoms with Crippen molar-refractivity contribution >= 4 is 0 Å². The van der Waals surface area contributed by atoms with E-state index in [2.05, 4.69) is 0 Å². The van der Waals surface area contributed by atoms with Crippen LogP contribution in [0.3, 0.4) is 0 Å². The van der Waals surface area contributed by atoms with Gasteiger partial charge in [0.25, 0.3) is 0 Å². The molecule has 23 heteroatoms. The molecule has 192 valence electrons. The van der Waals surface area contributed by atoms with Gasteiger partial charge in [0, 0.05) is 0 Å². The van der Waals surface area contributed by atoms with Gasteiger partial charge in [-0.05, 0) is 0 Å². The second kappa shape index (κ2) is 1450. The van der Waals surface area contributed by atoms with Crippen LogP contribution in [0.15, 0.2) is 0 Å². The second-order valence-electron chi connectivity index (χ2n) is 0. The van der Waals surface area contributed by atoms with Crippen molar-refractivity contribution in [3.05, 3.63) is 118 Å². The van der Waals surface area contributed by atoms with Crippen LogP contribution < -0.4 is 0 Å². The maximum absolute atomic E-state index is 6.25. The monoisotopic (exact) mass is 914 g/mol. The van der Waals surface area contributed by atoms with Gasteiger partial charge in [0.15, 0.2) is 0 Å². The smallest absolute Gasteiger partial charge is 0.512 e. The molecule has 0 aromatic rings. The van der Waals surface area contributed by atoms with Crippen molar-refractivity contribution in [3.8, 4) is 0 Å². The fourth-order valence-corrected chi connectivity index (χ4v) is 0. The summed E-state index contributed by atoms with van der Waals surface area (Å²) in [6.07, 6.45) is 0. The Kier molecular flexibility index (Phi) is 9370. The molecule has 0 saturated carbocycles. The quantitative estimate of drug-likeness (QED) is 0.246. The first kappa shape index (κ1) is 265. The molecule has 0 unspecified atom stereocenters. The average Bonchev–Trinajstić information content (AvgIpc) is 3.13. The van der Waals surface area contributed by atoms with E-state index in [1.807, 2.05) is 0 Å².